The number of benzene rings is 2. The van der Waals surface area contributed by atoms with E-state index in [1.807, 2.05) is 49.6 Å². The Kier molecular flexibility index (Phi) is 13.9. The van der Waals surface area contributed by atoms with E-state index in [0.29, 0.717) is 23.8 Å². The molecule has 2 atom stereocenters. The van der Waals surface area contributed by atoms with E-state index >= 15 is 0 Å². The second-order valence-electron chi connectivity index (χ2n) is 10.1. The number of aryl methyl sites for hydroxylation is 1. The van der Waals surface area contributed by atoms with Crippen LogP contribution in [-0.2, 0) is 11.3 Å². The molecule has 5 nitrogen and oxygen atoms in total. The summed E-state index contributed by atoms with van der Waals surface area (Å²) in [5.41, 5.74) is 4.56. The molecule has 0 saturated heterocycles. The van der Waals surface area contributed by atoms with E-state index in [1.54, 1.807) is 11.8 Å². The van der Waals surface area contributed by atoms with E-state index in [4.69, 9.17) is 0 Å². The maximum atomic E-state index is 13.3. The van der Waals surface area contributed by atoms with Crippen LogP contribution in [0.2, 0.25) is 0 Å². The van der Waals surface area contributed by atoms with Crippen LogP contribution in [-0.4, -0.2) is 59.9 Å². The molecule has 1 aliphatic carbocycles. The quantitative estimate of drug-likeness (QED) is 0.293. The predicted molar refractivity (Wildman–Crippen MR) is 158 cm³/mol. The number of amides is 1. The van der Waals surface area contributed by atoms with Gasteiger partial charge in [0.05, 0.1) is 0 Å². The molecule has 1 amide bonds. The van der Waals surface area contributed by atoms with Gasteiger partial charge in [0.1, 0.15) is 6.04 Å². The molecule has 0 bridgehead atoms. The summed E-state index contributed by atoms with van der Waals surface area (Å²) in [4.78, 5) is 25.0. The van der Waals surface area contributed by atoms with Gasteiger partial charge in [0.2, 0.25) is 0 Å². The van der Waals surface area contributed by atoms with Gasteiger partial charge in [0.15, 0.2) is 0 Å². The number of carboxylic acids is 1. The van der Waals surface area contributed by atoms with Crippen molar-refractivity contribution in [3.63, 3.8) is 0 Å². The van der Waals surface area contributed by atoms with Gasteiger partial charge in [0.25, 0.3) is 5.91 Å². The number of thioether (sulfide) groups is 1. The van der Waals surface area contributed by atoms with E-state index < -0.39 is 12.0 Å². The number of hydrogen-bond donors (Lipinski definition) is 3. The van der Waals surface area contributed by atoms with E-state index in [9.17, 15) is 14.7 Å². The first kappa shape index (κ1) is 31.5. The average Bonchev–Trinajstić information content (AvgIpc) is 2.89. The fourth-order valence-electron chi connectivity index (χ4n) is 5.21. The van der Waals surface area contributed by atoms with Gasteiger partial charge in [-0.15, -0.1) is 0 Å². The Balaban J connectivity index is 0.00000481. The molecule has 0 heterocycles. The molecule has 0 aliphatic heterocycles. The Morgan fingerprint density at radius 2 is 1.81 bits per heavy atom. The van der Waals surface area contributed by atoms with Crippen LogP contribution in [0.1, 0.15) is 79.8 Å². The summed E-state index contributed by atoms with van der Waals surface area (Å²) < 4.78 is 0. The molecular weight excluding hydrogens is 475 g/mol. The van der Waals surface area contributed by atoms with Gasteiger partial charge >= 0.3 is 24.8 Å². The third kappa shape index (κ3) is 9.52. The van der Waals surface area contributed by atoms with E-state index in [-0.39, 0.29) is 24.8 Å². The number of carbonyl (C=O) groups is 2. The van der Waals surface area contributed by atoms with Crippen LogP contribution in [0.3, 0.4) is 0 Å². The van der Waals surface area contributed by atoms with Crippen molar-refractivity contribution in [2.45, 2.75) is 83.8 Å². The molecule has 1 unspecified atom stereocenters. The first-order valence-electron chi connectivity index (χ1n) is 13.4. The fourth-order valence-corrected chi connectivity index (χ4v) is 5.68. The normalized spacial score (nSPS) is 15.4. The Labute approximate surface area is 239 Å². The second kappa shape index (κ2) is 16.3. The van der Waals surface area contributed by atoms with Gasteiger partial charge in [0, 0.05) is 18.2 Å². The molecule has 1 saturated carbocycles. The van der Waals surface area contributed by atoms with Crippen molar-refractivity contribution < 1.29 is 14.7 Å². The summed E-state index contributed by atoms with van der Waals surface area (Å²) in [5.74, 6) is 0.161. The third-order valence-corrected chi connectivity index (χ3v) is 8.05. The van der Waals surface area contributed by atoms with Crippen molar-refractivity contribution in [1.82, 2.24) is 10.6 Å². The molecule has 0 aromatic heterocycles. The van der Waals surface area contributed by atoms with Gasteiger partial charge in [-0.1, -0.05) is 69.4 Å². The first-order valence-corrected chi connectivity index (χ1v) is 14.8. The van der Waals surface area contributed by atoms with Crippen molar-refractivity contribution in [1.29, 1.82) is 0 Å². The summed E-state index contributed by atoms with van der Waals surface area (Å²) >= 11 is 1.57. The Hall–Kier alpha value is -1.71. The summed E-state index contributed by atoms with van der Waals surface area (Å²) in [7, 11) is 0. The van der Waals surface area contributed by atoms with Crippen LogP contribution >= 0.6 is 11.8 Å². The van der Waals surface area contributed by atoms with Gasteiger partial charge in [-0.25, -0.2) is 4.79 Å². The molecule has 2 aromatic rings. The Morgan fingerprint density at radius 1 is 1.08 bits per heavy atom. The number of carboxylic acid groups (broad SMARTS) is 1. The molecule has 7 heteroatoms. The van der Waals surface area contributed by atoms with Crippen molar-refractivity contribution >= 4 is 42.5 Å². The minimum absolute atomic E-state index is 0. The van der Waals surface area contributed by atoms with Crippen LogP contribution in [0.25, 0.3) is 11.1 Å². The Morgan fingerprint density at radius 3 is 2.46 bits per heavy atom. The molecular formula is C30H43LiN2O3S. The number of nitrogens with one attached hydrogen (secondary N) is 2. The predicted octanol–water partition coefficient (Wildman–Crippen LogP) is 5.79. The molecule has 0 radical (unpaired) electrons. The fraction of sp³-hybridized carbons (Fsp3) is 0.533. The standard InChI is InChI=1S/C30H42N2O3S.Li.H/c1-4-24(18-22-11-6-5-7-12-22)31-20-23-14-15-26(27(19-23)25-13-9-8-10-21(25)2)29(33)32-28(30(34)35)16-17-36-3;;/h8-10,13-15,19,22,24,28,31H,4-7,11-12,16-18,20H2,1-3H3,(H,32,33)(H,34,35);;/t24?,28-;;/m0../s1. The molecule has 1 fully saturated rings. The monoisotopic (exact) mass is 518 g/mol. The summed E-state index contributed by atoms with van der Waals surface area (Å²) in [6.07, 6.45) is 11.5. The maximum absolute atomic E-state index is 13.3. The van der Waals surface area contributed by atoms with Gasteiger partial charge in [-0.3, -0.25) is 4.79 Å². The Bertz CT molecular complexity index is 1010. The number of aliphatic carboxylic acids is 1. The van der Waals surface area contributed by atoms with Crippen LogP contribution in [0.4, 0.5) is 0 Å². The van der Waals surface area contributed by atoms with Crippen molar-refractivity contribution in [2.24, 2.45) is 5.92 Å². The molecule has 0 spiro atoms. The number of hydrogen-bond acceptors (Lipinski definition) is 4. The van der Waals surface area contributed by atoms with Crippen LogP contribution in [0, 0.1) is 12.8 Å². The van der Waals surface area contributed by atoms with Crippen LogP contribution in [0.5, 0.6) is 0 Å². The van der Waals surface area contributed by atoms with E-state index in [0.717, 1.165) is 41.1 Å². The minimum atomic E-state index is -1.00. The molecule has 1 aliphatic rings. The molecule has 3 rings (SSSR count). The third-order valence-electron chi connectivity index (χ3n) is 7.41. The van der Waals surface area contributed by atoms with Crippen LogP contribution in [0.15, 0.2) is 42.5 Å². The molecule has 3 N–H and O–H groups in total. The zero-order chi connectivity index (χ0) is 25.9. The second-order valence-corrected chi connectivity index (χ2v) is 11.1. The summed E-state index contributed by atoms with van der Waals surface area (Å²) in [6.45, 7) is 5.04. The van der Waals surface area contributed by atoms with Crippen LogP contribution < -0.4 is 10.6 Å². The zero-order valence-corrected chi connectivity index (χ0v) is 22.8. The van der Waals surface area contributed by atoms with Gasteiger partial charge in [-0.2, -0.15) is 11.8 Å². The first-order chi connectivity index (χ1) is 17.4. The van der Waals surface area contributed by atoms with Gasteiger partial charge in [-0.05, 0) is 78.5 Å². The topological polar surface area (TPSA) is 78.4 Å². The summed E-state index contributed by atoms with van der Waals surface area (Å²) in [6, 6.07) is 13.6. The van der Waals surface area contributed by atoms with E-state index in [1.165, 1.54) is 38.5 Å². The number of carbonyl (C=O) groups excluding carboxylic acids is 1. The number of rotatable bonds is 13. The summed E-state index contributed by atoms with van der Waals surface area (Å²) in [5, 5.41) is 16.1. The van der Waals surface area contributed by atoms with Gasteiger partial charge < -0.3 is 15.7 Å². The van der Waals surface area contributed by atoms with E-state index in [2.05, 4.69) is 23.6 Å². The van der Waals surface area contributed by atoms with Crippen molar-refractivity contribution in [3.05, 3.63) is 59.2 Å². The zero-order valence-electron chi connectivity index (χ0n) is 22.0. The SMILES string of the molecule is CCC(CC1CCCCC1)NCc1ccc(C(=O)N[C@@H](CCSC)C(=O)O)c(-c2ccccc2C)c1.[LiH]. The molecule has 198 valence electrons. The molecule has 2 aromatic carbocycles. The van der Waals surface area contributed by atoms with Crippen molar-refractivity contribution in [3.8, 4) is 11.1 Å². The van der Waals surface area contributed by atoms with Crippen molar-refractivity contribution in [2.75, 3.05) is 12.0 Å². The molecule has 37 heavy (non-hydrogen) atoms. The average molecular weight is 519 g/mol.